The number of aromatic nitrogens is 1. The van der Waals surface area contributed by atoms with Crippen LogP contribution in [0.15, 0.2) is 5.51 Å². The average molecular weight is 308 g/mol. The molecule has 7 nitrogen and oxygen atoms in total. The maximum Gasteiger partial charge on any atom is 0.338 e. The van der Waals surface area contributed by atoms with Crippen molar-refractivity contribution in [2.45, 2.75) is 39.0 Å². The summed E-state index contributed by atoms with van der Waals surface area (Å²) in [4.78, 5) is 4.92. The molecule has 2 heterocycles. The van der Waals surface area contributed by atoms with Crippen LogP contribution in [0.25, 0.3) is 0 Å². The van der Waals surface area contributed by atoms with Crippen LogP contribution >= 0.6 is 11.3 Å². The van der Waals surface area contributed by atoms with Crippen LogP contribution in [0.5, 0.6) is 0 Å². The van der Waals surface area contributed by atoms with E-state index in [0.29, 0.717) is 0 Å². The summed E-state index contributed by atoms with van der Waals surface area (Å²) >= 11 is 1.37. The molecule has 0 aliphatic carbocycles. The highest BCUT2D eigenvalue weighted by atomic mass is 32.2. The van der Waals surface area contributed by atoms with Crippen LogP contribution in [0.1, 0.15) is 30.5 Å². The molecule has 9 heteroatoms. The minimum atomic E-state index is -3.86. The Morgan fingerprint density at radius 3 is 2.68 bits per heavy atom. The Hall–Kier alpha value is -0.580. The predicted molar refractivity (Wildman–Crippen MR) is 68.7 cm³/mol. The fourth-order valence-electron chi connectivity index (χ4n) is 1.73. The lowest BCUT2D eigenvalue weighted by Crippen LogP contribution is -2.30. The SMILES string of the molecule is CNS(=O)(=O)OC1OC(C)(C)OC1c1scnc1C. The Morgan fingerprint density at radius 2 is 2.16 bits per heavy atom. The van der Waals surface area contributed by atoms with Gasteiger partial charge < -0.3 is 9.47 Å². The first kappa shape index (κ1) is 14.8. The summed E-state index contributed by atoms with van der Waals surface area (Å²) in [6.07, 6.45) is -1.66. The molecule has 1 aliphatic rings. The Kier molecular flexibility index (Phi) is 3.96. The number of aryl methyl sites for hydroxylation is 1. The molecule has 108 valence electrons. The minimum absolute atomic E-state index is 0.620. The molecular weight excluding hydrogens is 292 g/mol. The Labute approximate surface area is 116 Å². The van der Waals surface area contributed by atoms with Crippen molar-refractivity contribution in [3.63, 3.8) is 0 Å². The molecular formula is C10H16N2O5S2. The third-order valence-electron chi connectivity index (χ3n) is 2.57. The van der Waals surface area contributed by atoms with E-state index in [1.54, 1.807) is 19.4 Å². The van der Waals surface area contributed by atoms with E-state index in [2.05, 4.69) is 9.71 Å². The summed E-state index contributed by atoms with van der Waals surface area (Å²) in [5, 5.41) is 0. The number of thiazole rings is 1. The summed E-state index contributed by atoms with van der Waals surface area (Å²) in [6.45, 7) is 5.22. The Balaban J connectivity index is 2.27. The van der Waals surface area contributed by atoms with Gasteiger partial charge in [-0.25, -0.2) is 9.17 Å². The molecule has 0 spiro atoms. The van der Waals surface area contributed by atoms with Gasteiger partial charge in [-0.3, -0.25) is 0 Å². The highest BCUT2D eigenvalue weighted by Gasteiger charge is 2.46. The lowest BCUT2D eigenvalue weighted by Gasteiger charge is -2.16. The van der Waals surface area contributed by atoms with Crippen LogP contribution in [0.4, 0.5) is 0 Å². The molecule has 1 fully saturated rings. The van der Waals surface area contributed by atoms with Gasteiger partial charge in [0, 0.05) is 7.05 Å². The highest BCUT2D eigenvalue weighted by Crippen LogP contribution is 2.41. The van der Waals surface area contributed by atoms with Gasteiger partial charge in [0.2, 0.25) is 6.29 Å². The largest absolute Gasteiger partial charge is 0.338 e. The van der Waals surface area contributed by atoms with Gasteiger partial charge in [0.25, 0.3) is 0 Å². The fourth-order valence-corrected chi connectivity index (χ4v) is 3.06. The van der Waals surface area contributed by atoms with E-state index in [-0.39, 0.29) is 0 Å². The van der Waals surface area contributed by atoms with Crippen LogP contribution in [0, 0.1) is 6.92 Å². The Bertz CT molecular complexity index is 554. The first-order valence-corrected chi connectivity index (χ1v) is 7.90. The number of hydrogen-bond donors (Lipinski definition) is 1. The van der Waals surface area contributed by atoms with Gasteiger partial charge in [0.15, 0.2) is 5.79 Å². The van der Waals surface area contributed by atoms with Crippen molar-refractivity contribution in [1.82, 2.24) is 9.71 Å². The van der Waals surface area contributed by atoms with Gasteiger partial charge in [0.1, 0.15) is 6.10 Å². The number of nitrogens with one attached hydrogen (secondary N) is 1. The minimum Gasteiger partial charge on any atom is -0.336 e. The third kappa shape index (κ3) is 3.30. The zero-order valence-electron chi connectivity index (χ0n) is 11.0. The van der Waals surface area contributed by atoms with Crippen molar-refractivity contribution in [3.8, 4) is 0 Å². The van der Waals surface area contributed by atoms with E-state index in [1.165, 1.54) is 18.4 Å². The molecule has 2 rings (SSSR count). The normalized spacial score (nSPS) is 26.7. The molecule has 1 saturated heterocycles. The van der Waals surface area contributed by atoms with Gasteiger partial charge in [-0.05, 0) is 20.8 Å². The van der Waals surface area contributed by atoms with Crippen molar-refractivity contribution in [2.24, 2.45) is 0 Å². The number of nitrogens with zero attached hydrogens (tertiary/aromatic N) is 1. The quantitative estimate of drug-likeness (QED) is 0.895. The molecule has 1 aliphatic heterocycles. The summed E-state index contributed by atoms with van der Waals surface area (Å²) in [6, 6.07) is 0. The Morgan fingerprint density at radius 1 is 1.47 bits per heavy atom. The average Bonchev–Trinajstić information content (AvgIpc) is 2.81. The third-order valence-corrected chi connectivity index (χ3v) is 4.51. The number of ether oxygens (including phenoxy) is 2. The molecule has 0 aromatic carbocycles. The molecule has 1 N–H and O–H groups in total. The van der Waals surface area contributed by atoms with E-state index in [0.717, 1.165) is 10.6 Å². The van der Waals surface area contributed by atoms with Gasteiger partial charge in [-0.2, -0.15) is 13.1 Å². The van der Waals surface area contributed by atoms with Crippen LogP contribution in [0.3, 0.4) is 0 Å². The summed E-state index contributed by atoms with van der Waals surface area (Å²) in [5.41, 5.74) is 2.44. The lowest BCUT2D eigenvalue weighted by molar-refractivity contribution is -0.167. The lowest BCUT2D eigenvalue weighted by atomic mass is 10.2. The van der Waals surface area contributed by atoms with Crippen molar-refractivity contribution in [1.29, 1.82) is 0 Å². The fraction of sp³-hybridized carbons (Fsp3) is 0.700. The second-order valence-corrected chi connectivity index (χ2v) is 6.88. The van der Waals surface area contributed by atoms with Crippen molar-refractivity contribution < 1.29 is 22.1 Å². The molecule has 2 atom stereocenters. The molecule has 19 heavy (non-hydrogen) atoms. The van der Waals surface area contributed by atoms with Crippen molar-refractivity contribution in [3.05, 3.63) is 16.1 Å². The zero-order valence-corrected chi connectivity index (χ0v) is 12.7. The number of hydrogen-bond acceptors (Lipinski definition) is 7. The van der Waals surface area contributed by atoms with Gasteiger partial charge in [-0.15, -0.1) is 11.3 Å². The molecule has 1 aromatic rings. The second-order valence-electron chi connectivity index (χ2n) is 4.48. The van der Waals surface area contributed by atoms with E-state index >= 15 is 0 Å². The summed E-state index contributed by atoms with van der Waals surface area (Å²) < 4.78 is 41.2. The molecule has 0 saturated carbocycles. The van der Waals surface area contributed by atoms with Crippen LogP contribution < -0.4 is 4.72 Å². The first-order valence-electron chi connectivity index (χ1n) is 5.61. The van der Waals surface area contributed by atoms with Crippen molar-refractivity contribution in [2.75, 3.05) is 7.05 Å². The molecule has 0 amide bonds. The smallest absolute Gasteiger partial charge is 0.336 e. The van der Waals surface area contributed by atoms with E-state index in [4.69, 9.17) is 13.7 Å². The maximum absolute atomic E-state index is 11.5. The summed E-state index contributed by atoms with van der Waals surface area (Å²) in [5.74, 6) is -0.922. The highest BCUT2D eigenvalue weighted by molar-refractivity contribution is 7.84. The van der Waals surface area contributed by atoms with Gasteiger partial charge >= 0.3 is 10.3 Å². The van der Waals surface area contributed by atoms with E-state index in [9.17, 15) is 8.42 Å². The maximum atomic E-state index is 11.5. The monoisotopic (exact) mass is 308 g/mol. The predicted octanol–water partition coefficient (Wildman–Crippen LogP) is 1.08. The molecule has 0 radical (unpaired) electrons. The van der Waals surface area contributed by atoms with Crippen LogP contribution in [0.2, 0.25) is 0 Å². The standard InChI is InChI=1S/C10H16N2O5S2/c1-6-8(18-5-12-6)7-9(16-10(2,3)15-7)17-19(13,14)11-4/h5,7,9,11H,1-4H3. The zero-order chi connectivity index (χ0) is 14.3. The van der Waals surface area contributed by atoms with E-state index < -0.39 is 28.5 Å². The summed E-state index contributed by atoms with van der Waals surface area (Å²) in [7, 11) is -2.59. The first-order chi connectivity index (χ1) is 8.74. The molecule has 2 unspecified atom stereocenters. The van der Waals surface area contributed by atoms with E-state index in [1.807, 2.05) is 6.92 Å². The topological polar surface area (TPSA) is 86.8 Å². The van der Waals surface area contributed by atoms with Crippen molar-refractivity contribution >= 4 is 21.6 Å². The second kappa shape index (κ2) is 5.08. The number of rotatable bonds is 4. The van der Waals surface area contributed by atoms with Gasteiger partial charge in [0.05, 0.1) is 16.1 Å². The van der Waals surface area contributed by atoms with Crippen LogP contribution in [-0.4, -0.2) is 32.5 Å². The van der Waals surface area contributed by atoms with Crippen LogP contribution in [-0.2, 0) is 24.0 Å². The van der Waals surface area contributed by atoms with Gasteiger partial charge in [-0.1, -0.05) is 0 Å². The molecule has 0 bridgehead atoms. The molecule has 1 aromatic heterocycles.